The molecule has 5 fully saturated rings. The van der Waals surface area contributed by atoms with Crippen molar-refractivity contribution in [3.8, 4) is 0 Å². The van der Waals surface area contributed by atoms with Crippen LogP contribution in [0.4, 0.5) is 0 Å². The second-order valence-electron chi connectivity index (χ2n) is 15.3. The number of ketones is 1. The van der Waals surface area contributed by atoms with E-state index in [4.69, 9.17) is 33.2 Å². The van der Waals surface area contributed by atoms with Gasteiger partial charge in [-0.25, -0.2) is 4.79 Å². The summed E-state index contributed by atoms with van der Waals surface area (Å²) in [4.78, 5) is 73.8. The van der Waals surface area contributed by atoms with Gasteiger partial charge in [0.25, 0.3) is 0 Å². The highest BCUT2D eigenvalue weighted by Gasteiger charge is 2.62. The standard InChI is InChI=1S/C36H52O13/c1-18(37)44-17-28(41)27-11-10-25-24-9-8-22-16-23(12-14-35(22,5)26(24)13-15-36(25,27)6)48-34-32(47-21(4)40)30(46-20(3)39)29(45-19(2)38)31(49-34)33(42)43-7/h22-27,29-32,34H,8-17H2,1-7H3/t22?,23-,24+,25+,26+,27-,29+,30-,31+,32-,34-,35+,36+/m1/s1. The lowest BCUT2D eigenvalue weighted by Gasteiger charge is -2.61. The summed E-state index contributed by atoms with van der Waals surface area (Å²) < 4.78 is 39.0. The molecule has 1 saturated heterocycles. The van der Waals surface area contributed by atoms with E-state index in [9.17, 15) is 28.8 Å². The van der Waals surface area contributed by atoms with E-state index in [2.05, 4.69) is 13.8 Å². The van der Waals surface area contributed by atoms with Gasteiger partial charge in [0.05, 0.1) is 13.2 Å². The topological polar surface area (TPSA) is 167 Å². The molecule has 1 heterocycles. The average molecular weight is 693 g/mol. The molecule has 5 aliphatic rings. The molecule has 0 N–H and O–H groups in total. The van der Waals surface area contributed by atoms with Crippen molar-refractivity contribution in [1.82, 2.24) is 0 Å². The first-order chi connectivity index (χ1) is 23.1. The smallest absolute Gasteiger partial charge is 0.339 e. The van der Waals surface area contributed by atoms with E-state index in [0.717, 1.165) is 72.3 Å². The maximum atomic E-state index is 13.2. The van der Waals surface area contributed by atoms with Crippen LogP contribution in [0.15, 0.2) is 0 Å². The van der Waals surface area contributed by atoms with Crippen molar-refractivity contribution in [2.24, 2.45) is 40.4 Å². The lowest BCUT2D eigenvalue weighted by Crippen LogP contribution is -2.64. The molecule has 1 unspecified atom stereocenters. The van der Waals surface area contributed by atoms with Gasteiger partial charge >= 0.3 is 29.8 Å². The van der Waals surface area contributed by atoms with Crippen molar-refractivity contribution in [1.29, 1.82) is 0 Å². The molecule has 49 heavy (non-hydrogen) atoms. The van der Waals surface area contributed by atoms with Gasteiger partial charge in [0.2, 0.25) is 0 Å². The van der Waals surface area contributed by atoms with Crippen LogP contribution in [0.1, 0.15) is 99.3 Å². The summed E-state index contributed by atoms with van der Waals surface area (Å²) in [6, 6.07) is 0. The highest BCUT2D eigenvalue weighted by molar-refractivity contribution is 5.85. The molecule has 4 saturated carbocycles. The number of rotatable bonds is 9. The number of Topliss-reactive ketones (excluding diaryl/α,β-unsaturated/α-hetero) is 1. The van der Waals surface area contributed by atoms with Gasteiger partial charge in [-0.1, -0.05) is 13.8 Å². The summed E-state index contributed by atoms with van der Waals surface area (Å²) in [7, 11) is 1.16. The number of hydrogen-bond acceptors (Lipinski definition) is 13. The van der Waals surface area contributed by atoms with Crippen molar-refractivity contribution >= 4 is 35.6 Å². The molecule has 0 aromatic carbocycles. The van der Waals surface area contributed by atoms with Gasteiger partial charge in [-0.15, -0.1) is 0 Å². The van der Waals surface area contributed by atoms with Gasteiger partial charge in [0, 0.05) is 33.6 Å². The zero-order chi connectivity index (χ0) is 35.8. The van der Waals surface area contributed by atoms with E-state index >= 15 is 0 Å². The molecule has 0 amide bonds. The van der Waals surface area contributed by atoms with Gasteiger partial charge in [-0.2, -0.15) is 0 Å². The number of hydrogen-bond donors (Lipinski definition) is 0. The first-order valence-electron chi connectivity index (χ1n) is 17.7. The Morgan fingerprint density at radius 3 is 1.94 bits per heavy atom. The van der Waals surface area contributed by atoms with Crippen LogP contribution in [0.3, 0.4) is 0 Å². The molecule has 0 aromatic rings. The Morgan fingerprint density at radius 1 is 0.694 bits per heavy atom. The van der Waals surface area contributed by atoms with E-state index in [0.29, 0.717) is 30.1 Å². The molecule has 0 aromatic heterocycles. The summed E-state index contributed by atoms with van der Waals surface area (Å²) in [5.74, 6) is -1.71. The van der Waals surface area contributed by atoms with Crippen LogP contribution in [0.25, 0.3) is 0 Å². The van der Waals surface area contributed by atoms with Crippen molar-refractivity contribution in [3.05, 3.63) is 0 Å². The zero-order valence-electron chi connectivity index (χ0n) is 29.7. The molecule has 13 heteroatoms. The highest BCUT2D eigenvalue weighted by atomic mass is 16.7. The zero-order valence-corrected chi connectivity index (χ0v) is 29.7. The van der Waals surface area contributed by atoms with Crippen LogP contribution in [0.2, 0.25) is 0 Å². The lowest BCUT2D eigenvalue weighted by molar-refractivity contribution is -0.315. The Hall–Kier alpha value is -3.06. The van der Waals surface area contributed by atoms with Crippen molar-refractivity contribution in [2.45, 2.75) is 136 Å². The van der Waals surface area contributed by atoms with E-state index in [-0.39, 0.29) is 35.2 Å². The van der Waals surface area contributed by atoms with E-state index in [1.165, 1.54) is 13.8 Å². The summed E-state index contributed by atoms with van der Waals surface area (Å²) in [6.45, 7) is 9.35. The normalized spacial score (nSPS) is 41.2. The number of fused-ring (bicyclic) bond motifs is 5. The van der Waals surface area contributed by atoms with Crippen molar-refractivity contribution in [3.63, 3.8) is 0 Å². The molecular formula is C36H52O13. The molecule has 0 radical (unpaired) electrons. The van der Waals surface area contributed by atoms with Crippen LogP contribution in [-0.2, 0) is 61.9 Å². The summed E-state index contributed by atoms with van der Waals surface area (Å²) >= 11 is 0. The number of ether oxygens (including phenoxy) is 7. The molecule has 5 rings (SSSR count). The molecule has 13 nitrogen and oxygen atoms in total. The van der Waals surface area contributed by atoms with Crippen LogP contribution in [0.5, 0.6) is 0 Å². The number of carbonyl (C=O) groups is 6. The molecule has 4 aliphatic carbocycles. The summed E-state index contributed by atoms with van der Waals surface area (Å²) in [6.07, 6.45) is 1.01. The Balaban J connectivity index is 1.31. The van der Waals surface area contributed by atoms with Gasteiger partial charge in [-0.3, -0.25) is 24.0 Å². The number of methoxy groups -OCH3 is 1. The third-order valence-electron chi connectivity index (χ3n) is 12.6. The van der Waals surface area contributed by atoms with E-state index in [1.54, 1.807) is 0 Å². The van der Waals surface area contributed by atoms with Gasteiger partial charge in [0.15, 0.2) is 36.5 Å². The Morgan fingerprint density at radius 2 is 1.31 bits per heavy atom. The Labute approximate surface area is 287 Å². The SMILES string of the molecule is COC(=O)[C@H]1O[C@@H](O[C@@H]2CC[C@@]3(C)C(CC[C@H]4[C@@H]5CC[C@H](C(=O)COC(C)=O)[C@@]5(C)CC[C@@H]43)C2)[C@H](OC(C)=O)[C@H](OC(C)=O)[C@@H]1OC(C)=O. The second-order valence-corrected chi connectivity index (χ2v) is 15.3. The minimum atomic E-state index is -1.49. The molecule has 274 valence electrons. The van der Waals surface area contributed by atoms with Crippen LogP contribution in [0, 0.1) is 40.4 Å². The van der Waals surface area contributed by atoms with Gasteiger partial charge < -0.3 is 33.2 Å². The fraction of sp³-hybridized carbons (Fsp3) is 0.833. The molecule has 1 aliphatic heterocycles. The Bertz CT molecular complexity index is 1310. The Kier molecular flexibility index (Phi) is 11.1. The maximum Gasteiger partial charge on any atom is 0.339 e. The lowest BCUT2D eigenvalue weighted by atomic mass is 9.44. The molecule has 0 bridgehead atoms. The van der Waals surface area contributed by atoms with Crippen LogP contribution in [-0.4, -0.2) is 86.2 Å². The monoisotopic (exact) mass is 692 g/mol. The number of esters is 5. The fourth-order valence-corrected chi connectivity index (χ4v) is 10.5. The quantitative estimate of drug-likeness (QED) is 0.194. The first kappa shape index (κ1) is 37.2. The van der Waals surface area contributed by atoms with Gasteiger partial charge in [0.1, 0.15) is 6.61 Å². The van der Waals surface area contributed by atoms with Crippen LogP contribution < -0.4 is 0 Å². The van der Waals surface area contributed by atoms with Crippen molar-refractivity contribution in [2.75, 3.05) is 13.7 Å². The minimum absolute atomic E-state index is 0.0396. The predicted molar refractivity (Wildman–Crippen MR) is 169 cm³/mol. The fourth-order valence-electron chi connectivity index (χ4n) is 10.5. The van der Waals surface area contributed by atoms with E-state index < -0.39 is 60.6 Å². The molecular weight excluding hydrogens is 640 g/mol. The van der Waals surface area contributed by atoms with E-state index in [1.807, 2.05) is 0 Å². The summed E-state index contributed by atoms with van der Waals surface area (Å²) in [5.41, 5.74) is -0.0213. The number of carbonyl (C=O) groups excluding carboxylic acids is 6. The first-order valence-corrected chi connectivity index (χ1v) is 17.7. The average Bonchev–Trinajstić information content (AvgIpc) is 3.39. The van der Waals surface area contributed by atoms with Crippen LogP contribution >= 0.6 is 0 Å². The largest absolute Gasteiger partial charge is 0.467 e. The third-order valence-corrected chi connectivity index (χ3v) is 12.6. The highest BCUT2D eigenvalue weighted by Crippen LogP contribution is 2.67. The summed E-state index contributed by atoms with van der Waals surface area (Å²) in [5, 5.41) is 0. The molecule has 0 spiro atoms. The van der Waals surface area contributed by atoms with Gasteiger partial charge in [-0.05, 0) is 92.3 Å². The second kappa shape index (κ2) is 14.7. The maximum absolute atomic E-state index is 13.2. The minimum Gasteiger partial charge on any atom is -0.467 e. The van der Waals surface area contributed by atoms with Crippen molar-refractivity contribution < 1.29 is 61.9 Å². The molecule has 13 atom stereocenters. The third kappa shape index (κ3) is 7.38. The predicted octanol–water partition coefficient (Wildman–Crippen LogP) is 3.86.